The molecular weight excluding hydrogens is 320 g/mol. The molecule has 0 saturated heterocycles. The van der Waals surface area contributed by atoms with Crippen molar-refractivity contribution in [2.24, 2.45) is 0 Å². The van der Waals surface area contributed by atoms with E-state index in [-0.39, 0.29) is 23.8 Å². The van der Waals surface area contributed by atoms with Crippen LogP contribution in [0.3, 0.4) is 0 Å². The van der Waals surface area contributed by atoms with Crippen molar-refractivity contribution < 1.29 is 14.5 Å². The number of para-hydroxylation sites is 1. The van der Waals surface area contributed by atoms with Crippen LogP contribution in [0.15, 0.2) is 60.7 Å². The maximum Gasteiger partial charge on any atom is 0.276 e. The minimum atomic E-state index is -0.450. The highest BCUT2D eigenvalue weighted by molar-refractivity contribution is 6.06. The highest BCUT2D eigenvalue weighted by atomic mass is 16.6. The van der Waals surface area contributed by atoms with Gasteiger partial charge in [-0.2, -0.15) is 0 Å². The molecule has 2 aromatic rings. The van der Waals surface area contributed by atoms with Gasteiger partial charge in [0, 0.05) is 17.3 Å². The zero-order chi connectivity index (χ0) is 17.8. The van der Waals surface area contributed by atoms with Crippen molar-refractivity contribution in [3.05, 3.63) is 87.5 Å². The van der Waals surface area contributed by atoms with E-state index < -0.39 is 4.92 Å². The molecule has 1 amide bonds. The van der Waals surface area contributed by atoms with Crippen LogP contribution >= 0.6 is 0 Å². The molecule has 2 aromatic carbocycles. The van der Waals surface area contributed by atoms with Crippen LogP contribution in [0.2, 0.25) is 0 Å². The van der Waals surface area contributed by atoms with E-state index in [9.17, 15) is 19.7 Å². The molecule has 0 spiro atoms. The van der Waals surface area contributed by atoms with Crippen molar-refractivity contribution in [2.45, 2.75) is 6.42 Å². The Morgan fingerprint density at radius 3 is 2.76 bits per heavy atom. The van der Waals surface area contributed by atoms with Gasteiger partial charge >= 0.3 is 0 Å². The van der Waals surface area contributed by atoms with Crippen LogP contribution in [0.4, 0.5) is 11.4 Å². The van der Waals surface area contributed by atoms with Gasteiger partial charge in [0.1, 0.15) is 0 Å². The molecule has 0 radical (unpaired) electrons. The number of carbonyl (C=O) groups excluding carboxylic acids is 2. The number of benzene rings is 2. The monoisotopic (exact) mass is 334 g/mol. The number of anilines is 1. The second kappa shape index (κ2) is 6.92. The summed E-state index contributed by atoms with van der Waals surface area (Å²) in [7, 11) is 0. The summed E-state index contributed by atoms with van der Waals surface area (Å²) < 4.78 is 0. The van der Waals surface area contributed by atoms with E-state index in [4.69, 9.17) is 0 Å². The van der Waals surface area contributed by atoms with E-state index in [1.54, 1.807) is 48.6 Å². The molecule has 124 valence electrons. The molecule has 6 nitrogen and oxygen atoms in total. The van der Waals surface area contributed by atoms with Gasteiger partial charge in [0.05, 0.1) is 16.9 Å². The maximum absolute atomic E-state index is 12.2. The Morgan fingerprint density at radius 2 is 1.96 bits per heavy atom. The second-order valence-corrected chi connectivity index (χ2v) is 5.50. The number of hydrogen-bond donors (Lipinski definition) is 1. The first-order chi connectivity index (χ1) is 12.0. The predicted molar refractivity (Wildman–Crippen MR) is 94.4 cm³/mol. The average molecular weight is 334 g/mol. The van der Waals surface area contributed by atoms with E-state index >= 15 is 0 Å². The summed E-state index contributed by atoms with van der Waals surface area (Å²) >= 11 is 0. The Balaban J connectivity index is 1.71. The smallest absolute Gasteiger partial charge is 0.276 e. The summed E-state index contributed by atoms with van der Waals surface area (Å²) in [4.78, 5) is 34.0. The van der Waals surface area contributed by atoms with Crippen molar-refractivity contribution in [1.82, 2.24) is 0 Å². The van der Waals surface area contributed by atoms with Gasteiger partial charge in [-0.05, 0) is 42.0 Å². The summed E-state index contributed by atoms with van der Waals surface area (Å²) in [5.41, 5.74) is 2.51. The number of fused-ring (bicyclic) bond motifs is 1. The summed E-state index contributed by atoms with van der Waals surface area (Å²) in [5.74, 6) is -0.281. The lowest BCUT2D eigenvalue weighted by Crippen LogP contribution is -2.03. The number of carbonyl (C=O) groups is 2. The topological polar surface area (TPSA) is 89.3 Å². The third-order valence-electron chi connectivity index (χ3n) is 3.78. The lowest BCUT2D eigenvalue weighted by atomic mass is 10.0. The summed E-state index contributed by atoms with van der Waals surface area (Å²) in [6.45, 7) is 0. The lowest BCUT2D eigenvalue weighted by molar-refractivity contribution is -0.385. The fraction of sp³-hybridized carbons (Fsp3) is 0.0526. The number of allylic oxidation sites excluding steroid dienone is 3. The summed E-state index contributed by atoms with van der Waals surface area (Å²) in [5, 5.41) is 13.6. The van der Waals surface area contributed by atoms with Gasteiger partial charge < -0.3 is 5.32 Å². The SMILES string of the molecule is O=C1Cc2cc(C(=O)/C=C/C=C/c3ccccc3[N+](=O)[O-])ccc2N1. The van der Waals surface area contributed by atoms with Gasteiger partial charge in [-0.15, -0.1) is 0 Å². The molecule has 6 heteroatoms. The molecule has 0 saturated carbocycles. The van der Waals surface area contributed by atoms with Crippen LogP contribution in [-0.4, -0.2) is 16.6 Å². The fourth-order valence-corrected chi connectivity index (χ4v) is 2.58. The van der Waals surface area contributed by atoms with Gasteiger partial charge in [-0.25, -0.2) is 0 Å². The Kier molecular flexibility index (Phi) is 4.52. The summed E-state index contributed by atoms with van der Waals surface area (Å²) in [6, 6.07) is 11.4. The van der Waals surface area contributed by atoms with Crippen molar-refractivity contribution in [3.8, 4) is 0 Å². The first kappa shape index (κ1) is 16.3. The third-order valence-corrected chi connectivity index (χ3v) is 3.78. The van der Waals surface area contributed by atoms with E-state index in [0.717, 1.165) is 11.3 Å². The van der Waals surface area contributed by atoms with Crippen LogP contribution < -0.4 is 5.32 Å². The Hall–Kier alpha value is -3.54. The third kappa shape index (κ3) is 3.69. The average Bonchev–Trinajstić information content (AvgIpc) is 2.97. The first-order valence-electron chi connectivity index (χ1n) is 7.60. The van der Waals surface area contributed by atoms with E-state index in [1.165, 1.54) is 18.2 Å². The van der Waals surface area contributed by atoms with Crippen LogP contribution in [0, 0.1) is 10.1 Å². The Morgan fingerprint density at radius 1 is 1.16 bits per heavy atom. The normalized spacial score (nSPS) is 13.2. The molecule has 1 aliphatic heterocycles. The maximum atomic E-state index is 12.2. The first-order valence-corrected chi connectivity index (χ1v) is 7.60. The molecule has 0 bridgehead atoms. The molecule has 0 aromatic heterocycles. The van der Waals surface area contributed by atoms with Gasteiger partial charge in [0.25, 0.3) is 5.69 Å². The van der Waals surface area contributed by atoms with Gasteiger partial charge in [0.15, 0.2) is 5.78 Å². The molecule has 0 fully saturated rings. The zero-order valence-electron chi connectivity index (χ0n) is 13.1. The number of rotatable bonds is 5. The minimum absolute atomic E-state index is 0.00858. The number of ketones is 1. The molecule has 1 aliphatic rings. The Bertz CT molecular complexity index is 929. The van der Waals surface area contributed by atoms with E-state index in [0.29, 0.717) is 11.1 Å². The quantitative estimate of drug-likeness (QED) is 0.298. The van der Waals surface area contributed by atoms with Crippen LogP contribution in [-0.2, 0) is 11.2 Å². The number of hydrogen-bond acceptors (Lipinski definition) is 4. The standard InChI is InChI=1S/C19H14N2O4/c22-18(14-9-10-16-15(11-14)12-19(23)20-16)8-4-2-6-13-5-1-3-7-17(13)21(24)25/h1-11H,12H2,(H,20,23)/b6-2+,8-4+. The predicted octanol–water partition coefficient (Wildman–Crippen LogP) is 3.54. The Labute approximate surface area is 143 Å². The second-order valence-electron chi connectivity index (χ2n) is 5.50. The van der Waals surface area contributed by atoms with E-state index in [1.807, 2.05) is 0 Å². The van der Waals surface area contributed by atoms with Gasteiger partial charge in [0.2, 0.25) is 5.91 Å². The van der Waals surface area contributed by atoms with Crippen LogP contribution in [0.1, 0.15) is 21.5 Å². The van der Waals surface area contributed by atoms with Crippen LogP contribution in [0.25, 0.3) is 6.08 Å². The molecule has 0 aliphatic carbocycles. The number of nitrogens with zero attached hydrogens (tertiary/aromatic N) is 1. The molecular formula is C19H14N2O4. The molecule has 3 rings (SSSR count). The minimum Gasteiger partial charge on any atom is -0.326 e. The molecule has 1 heterocycles. The van der Waals surface area contributed by atoms with E-state index in [2.05, 4.69) is 5.32 Å². The highest BCUT2D eigenvalue weighted by Crippen LogP contribution is 2.24. The van der Waals surface area contributed by atoms with Gasteiger partial charge in [-0.1, -0.05) is 24.3 Å². The molecule has 0 atom stereocenters. The van der Waals surface area contributed by atoms with Gasteiger partial charge in [-0.3, -0.25) is 19.7 Å². The van der Waals surface area contributed by atoms with Crippen molar-refractivity contribution >= 4 is 29.1 Å². The zero-order valence-corrected chi connectivity index (χ0v) is 13.1. The molecule has 25 heavy (non-hydrogen) atoms. The van der Waals surface area contributed by atoms with Crippen molar-refractivity contribution in [3.63, 3.8) is 0 Å². The fourth-order valence-electron chi connectivity index (χ4n) is 2.58. The molecule has 1 N–H and O–H groups in total. The number of nitro benzene ring substituents is 1. The van der Waals surface area contributed by atoms with Crippen molar-refractivity contribution in [1.29, 1.82) is 0 Å². The van der Waals surface area contributed by atoms with Crippen molar-refractivity contribution in [2.75, 3.05) is 5.32 Å². The summed E-state index contributed by atoms with van der Waals surface area (Å²) in [6.07, 6.45) is 6.36. The number of nitrogens with one attached hydrogen (secondary N) is 1. The number of nitro groups is 1. The van der Waals surface area contributed by atoms with Crippen LogP contribution in [0.5, 0.6) is 0 Å². The lowest BCUT2D eigenvalue weighted by Gasteiger charge is -2.00. The molecule has 0 unspecified atom stereocenters. The highest BCUT2D eigenvalue weighted by Gasteiger charge is 2.18. The number of amides is 1. The largest absolute Gasteiger partial charge is 0.326 e.